The third-order valence-electron chi connectivity index (χ3n) is 2.87. The van der Waals surface area contributed by atoms with E-state index < -0.39 is 27.4 Å². The number of fused-ring (bicyclic) bond motifs is 1. The molecule has 0 atom stereocenters. The Balaban J connectivity index is 2.65. The van der Waals surface area contributed by atoms with Crippen LogP contribution in [-0.4, -0.2) is 29.8 Å². The lowest BCUT2D eigenvalue weighted by atomic mass is 10.1. The molecule has 0 saturated carbocycles. The average Bonchev–Trinajstić information content (AvgIpc) is 2.48. The van der Waals surface area contributed by atoms with Crippen LogP contribution in [0.25, 0.3) is 0 Å². The summed E-state index contributed by atoms with van der Waals surface area (Å²) in [5, 5.41) is 8.79. The van der Waals surface area contributed by atoms with E-state index in [4.69, 9.17) is 5.11 Å². The number of halogens is 1. The Morgan fingerprint density at radius 2 is 2.06 bits per heavy atom. The number of nitrogens with zero attached hydrogens (tertiary/aromatic N) is 1. The van der Waals surface area contributed by atoms with Crippen molar-refractivity contribution < 1.29 is 22.7 Å². The van der Waals surface area contributed by atoms with E-state index in [1.807, 2.05) is 0 Å². The van der Waals surface area contributed by atoms with Crippen molar-refractivity contribution in [3.05, 3.63) is 29.1 Å². The van der Waals surface area contributed by atoms with Gasteiger partial charge in [0.2, 0.25) is 10.0 Å². The first kappa shape index (κ1) is 13.0. The molecule has 1 N–H and O–H groups in total. The number of benzene rings is 1. The van der Waals surface area contributed by atoms with E-state index in [0.29, 0.717) is 5.56 Å². The fraction of sp³-hybridized carbons (Fsp3) is 0.364. The normalized spacial score (nSPS) is 18.0. The van der Waals surface area contributed by atoms with E-state index in [1.54, 1.807) is 13.8 Å². The van der Waals surface area contributed by atoms with Crippen molar-refractivity contribution in [2.24, 2.45) is 0 Å². The number of rotatable bonds is 2. The monoisotopic (exact) mass is 273 g/mol. The molecule has 0 fully saturated rings. The highest BCUT2D eigenvalue weighted by Gasteiger charge is 2.37. The molecule has 0 amide bonds. The SMILES string of the molecule is CC(C)N1Cc2cc(F)c(C(=O)O)cc2S1(=O)=O. The summed E-state index contributed by atoms with van der Waals surface area (Å²) >= 11 is 0. The summed E-state index contributed by atoms with van der Waals surface area (Å²) in [5.41, 5.74) is -0.325. The van der Waals surface area contributed by atoms with Crippen LogP contribution >= 0.6 is 0 Å². The van der Waals surface area contributed by atoms with Crippen LogP contribution in [0.4, 0.5) is 4.39 Å². The van der Waals surface area contributed by atoms with Crippen molar-refractivity contribution >= 4 is 16.0 Å². The van der Waals surface area contributed by atoms with Gasteiger partial charge in [0.15, 0.2) is 0 Å². The highest BCUT2D eigenvalue weighted by atomic mass is 32.2. The summed E-state index contributed by atoms with van der Waals surface area (Å²) in [5.74, 6) is -2.39. The third-order valence-corrected chi connectivity index (χ3v) is 4.97. The second-order valence-corrected chi connectivity index (χ2v) is 6.25. The second-order valence-electron chi connectivity index (χ2n) is 4.39. The molecule has 0 unspecified atom stereocenters. The van der Waals surface area contributed by atoms with Crippen LogP contribution in [0.2, 0.25) is 0 Å². The zero-order valence-electron chi connectivity index (χ0n) is 9.84. The molecule has 1 aromatic carbocycles. The zero-order valence-corrected chi connectivity index (χ0v) is 10.7. The van der Waals surface area contributed by atoms with Crippen molar-refractivity contribution in [1.82, 2.24) is 4.31 Å². The molecular formula is C11H12FNO4S. The molecule has 2 rings (SSSR count). The number of carboxylic acids is 1. The van der Waals surface area contributed by atoms with Gasteiger partial charge < -0.3 is 5.11 Å². The molecule has 0 saturated heterocycles. The highest BCUT2D eigenvalue weighted by Crippen LogP contribution is 2.33. The maximum Gasteiger partial charge on any atom is 0.338 e. The molecule has 0 spiro atoms. The van der Waals surface area contributed by atoms with Gasteiger partial charge in [-0.3, -0.25) is 0 Å². The van der Waals surface area contributed by atoms with Gasteiger partial charge in [-0.2, -0.15) is 4.31 Å². The van der Waals surface area contributed by atoms with E-state index in [9.17, 15) is 17.6 Å². The maximum absolute atomic E-state index is 13.5. The predicted molar refractivity (Wildman–Crippen MR) is 61.2 cm³/mol. The summed E-state index contributed by atoms with van der Waals surface area (Å²) in [6.45, 7) is 3.49. The Morgan fingerprint density at radius 3 is 2.56 bits per heavy atom. The summed E-state index contributed by atoms with van der Waals surface area (Å²) < 4.78 is 38.9. The van der Waals surface area contributed by atoms with Gasteiger partial charge in [-0.25, -0.2) is 17.6 Å². The number of carboxylic acid groups (broad SMARTS) is 1. The maximum atomic E-state index is 13.5. The molecule has 1 aliphatic rings. The van der Waals surface area contributed by atoms with Crippen molar-refractivity contribution in [3.63, 3.8) is 0 Å². The molecule has 5 nitrogen and oxygen atoms in total. The highest BCUT2D eigenvalue weighted by molar-refractivity contribution is 7.89. The van der Waals surface area contributed by atoms with Gasteiger partial charge >= 0.3 is 5.97 Å². The van der Waals surface area contributed by atoms with Gasteiger partial charge in [-0.1, -0.05) is 0 Å². The summed E-state index contributed by atoms with van der Waals surface area (Å²) in [4.78, 5) is 10.7. The molecule has 18 heavy (non-hydrogen) atoms. The minimum absolute atomic E-state index is 0.0755. The smallest absolute Gasteiger partial charge is 0.338 e. The quantitative estimate of drug-likeness (QED) is 0.884. The average molecular weight is 273 g/mol. The van der Waals surface area contributed by atoms with Gasteiger partial charge in [0.1, 0.15) is 5.82 Å². The van der Waals surface area contributed by atoms with Crippen LogP contribution in [0.15, 0.2) is 17.0 Å². The van der Waals surface area contributed by atoms with Crippen molar-refractivity contribution in [3.8, 4) is 0 Å². The standard InChI is InChI=1S/C11H12FNO4S/c1-6(2)13-5-7-3-9(12)8(11(14)15)4-10(7)18(13,16)17/h3-4,6H,5H2,1-2H3,(H,14,15). The van der Waals surface area contributed by atoms with Crippen LogP contribution in [-0.2, 0) is 16.6 Å². The van der Waals surface area contributed by atoms with Crippen molar-refractivity contribution in [2.75, 3.05) is 0 Å². The summed E-state index contributed by atoms with van der Waals surface area (Å²) in [7, 11) is -3.72. The fourth-order valence-electron chi connectivity index (χ4n) is 1.96. The van der Waals surface area contributed by atoms with Crippen molar-refractivity contribution in [1.29, 1.82) is 0 Å². The first-order valence-electron chi connectivity index (χ1n) is 5.32. The first-order chi connectivity index (χ1) is 8.25. The van der Waals surface area contributed by atoms with E-state index in [2.05, 4.69) is 0 Å². The van der Waals surface area contributed by atoms with E-state index in [1.165, 1.54) is 4.31 Å². The molecule has 7 heteroatoms. The van der Waals surface area contributed by atoms with E-state index in [0.717, 1.165) is 12.1 Å². The number of carbonyl (C=O) groups is 1. The van der Waals surface area contributed by atoms with E-state index >= 15 is 0 Å². The van der Waals surface area contributed by atoms with Crippen LogP contribution in [0.5, 0.6) is 0 Å². The van der Waals surface area contributed by atoms with Gasteiger partial charge in [-0.05, 0) is 31.5 Å². The largest absolute Gasteiger partial charge is 0.478 e. The van der Waals surface area contributed by atoms with E-state index in [-0.39, 0.29) is 17.5 Å². The van der Waals surface area contributed by atoms with Crippen LogP contribution in [0, 0.1) is 5.82 Å². The number of hydrogen-bond donors (Lipinski definition) is 1. The molecule has 0 radical (unpaired) electrons. The minimum Gasteiger partial charge on any atom is -0.478 e. The number of sulfonamides is 1. The van der Waals surface area contributed by atoms with Crippen molar-refractivity contribution in [2.45, 2.75) is 31.3 Å². The molecular weight excluding hydrogens is 261 g/mol. The lowest BCUT2D eigenvalue weighted by Gasteiger charge is -2.18. The molecule has 0 bridgehead atoms. The molecule has 0 aromatic heterocycles. The van der Waals surface area contributed by atoms with Gasteiger partial charge in [0.25, 0.3) is 0 Å². The van der Waals surface area contributed by atoms with Crippen LogP contribution < -0.4 is 0 Å². The third kappa shape index (κ3) is 1.79. The zero-order chi connectivity index (χ0) is 13.7. The molecule has 1 aliphatic heterocycles. The lowest BCUT2D eigenvalue weighted by molar-refractivity contribution is 0.0691. The molecule has 98 valence electrons. The topological polar surface area (TPSA) is 74.7 Å². The summed E-state index contributed by atoms with van der Waals surface area (Å²) in [6, 6.07) is 1.61. The van der Waals surface area contributed by atoms with Gasteiger partial charge in [0, 0.05) is 12.6 Å². The molecule has 1 aromatic rings. The number of aromatic carboxylic acids is 1. The molecule has 1 heterocycles. The lowest BCUT2D eigenvalue weighted by Crippen LogP contribution is -2.31. The van der Waals surface area contributed by atoms with Gasteiger partial charge in [0.05, 0.1) is 10.5 Å². The van der Waals surface area contributed by atoms with Gasteiger partial charge in [-0.15, -0.1) is 0 Å². The Labute approximate surface area is 104 Å². The van der Waals surface area contributed by atoms with Crippen LogP contribution in [0.1, 0.15) is 29.8 Å². The minimum atomic E-state index is -3.72. The Hall–Kier alpha value is -1.47. The Morgan fingerprint density at radius 1 is 1.44 bits per heavy atom. The number of hydrogen-bond acceptors (Lipinski definition) is 3. The Kier molecular flexibility index (Phi) is 2.90. The van der Waals surface area contributed by atoms with Crippen LogP contribution in [0.3, 0.4) is 0 Å². The Bertz CT molecular complexity index is 624. The molecule has 0 aliphatic carbocycles. The predicted octanol–water partition coefficient (Wildman–Crippen LogP) is 1.44. The summed E-state index contributed by atoms with van der Waals surface area (Å²) in [6.07, 6.45) is 0. The first-order valence-corrected chi connectivity index (χ1v) is 6.76. The second kappa shape index (κ2) is 4.03. The fourth-order valence-corrected chi connectivity index (χ4v) is 3.80.